The summed E-state index contributed by atoms with van der Waals surface area (Å²) in [5.74, 6) is 2.21. The van der Waals surface area contributed by atoms with Crippen LogP contribution in [-0.4, -0.2) is 45.8 Å². The van der Waals surface area contributed by atoms with Crippen LogP contribution in [0.15, 0.2) is 48.5 Å². The summed E-state index contributed by atoms with van der Waals surface area (Å²) >= 11 is 0. The molecule has 1 heterocycles. The van der Waals surface area contributed by atoms with E-state index in [1.807, 2.05) is 30.3 Å². The van der Waals surface area contributed by atoms with Gasteiger partial charge in [0.15, 0.2) is 0 Å². The molecular weight excluding hydrogens is 372 g/mol. The van der Waals surface area contributed by atoms with Crippen LogP contribution in [0.2, 0.25) is 0 Å². The summed E-state index contributed by atoms with van der Waals surface area (Å²) in [7, 11) is -3.25. The van der Waals surface area contributed by atoms with Gasteiger partial charge in [0.1, 0.15) is 12.4 Å². The van der Waals surface area contributed by atoms with E-state index in [4.69, 9.17) is 4.74 Å². The van der Waals surface area contributed by atoms with Gasteiger partial charge in [-0.1, -0.05) is 37.3 Å². The Kier molecular flexibility index (Phi) is 4.88. The van der Waals surface area contributed by atoms with Crippen LogP contribution in [0.1, 0.15) is 18.1 Å². The highest BCUT2D eigenvalue weighted by molar-refractivity contribution is 7.92. The van der Waals surface area contributed by atoms with Crippen molar-refractivity contribution in [1.82, 2.24) is 4.90 Å². The van der Waals surface area contributed by atoms with Gasteiger partial charge in [-0.15, -0.1) is 0 Å². The number of nitrogens with zero attached hydrogens (tertiary/aromatic N) is 1. The summed E-state index contributed by atoms with van der Waals surface area (Å²) in [5, 5.41) is 0. The number of likely N-dealkylation sites (tertiary alicyclic amines) is 1. The number of sulfonamides is 1. The van der Waals surface area contributed by atoms with Gasteiger partial charge in [-0.3, -0.25) is 9.62 Å². The number of aryl methyl sites for hydroxylation is 1. The monoisotopic (exact) mass is 400 g/mol. The number of nitrogens with one attached hydrogen (secondary N) is 1. The summed E-state index contributed by atoms with van der Waals surface area (Å²) in [6, 6.07) is 16.0. The van der Waals surface area contributed by atoms with Gasteiger partial charge in [-0.2, -0.15) is 0 Å². The fraction of sp³-hybridized carbons (Fsp3) is 0.455. The van der Waals surface area contributed by atoms with E-state index in [2.05, 4.69) is 35.6 Å². The smallest absolute Gasteiger partial charge is 0.229 e. The van der Waals surface area contributed by atoms with E-state index in [1.165, 1.54) is 17.4 Å². The molecule has 4 rings (SSSR count). The van der Waals surface area contributed by atoms with E-state index < -0.39 is 10.0 Å². The Bertz CT molecular complexity index is 961. The van der Waals surface area contributed by atoms with Crippen LogP contribution in [0.25, 0.3) is 0 Å². The van der Waals surface area contributed by atoms with Crippen molar-refractivity contribution in [2.75, 3.05) is 37.2 Å². The van der Waals surface area contributed by atoms with Gasteiger partial charge in [0.25, 0.3) is 0 Å². The van der Waals surface area contributed by atoms with E-state index in [-0.39, 0.29) is 5.41 Å². The predicted octanol–water partition coefficient (Wildman–Crippen LogP) is 3.26. The fourth-order valence-electron chi connectivity index (χ4n) is 4.71. The minimum Gasteiger partial charge on any atom is -0.492 e. The number of ether oxygens (including phenoxy) is 1. The van der Waals surface area contributed by atoms with Crippen molar-refractivity contribution in [2.24, 2.45) is 11.8 Å². The second kappa shape index (κ2) is 7.08. The van der Waals surface area contributed by atoms with Gasteiger partial charge in [-0.05, 0) is 48.1 Å². The maximum absolute atomic E-state index is 11.5. The van der Waals surface area contributed by atoms with Crippen LogP contribution < -0.4 is 9.46 Å². The maximum Gasteiger partial charge on any atom is 0.229 e. The zero-order valence-electron chi connectivity index (χ0n) is 16.7. The molecular formula is C22H28N2O3S. The molecule has 0 aromatic heterocycles. The average molecular weight is 401 g/mol. The standard InChI is InChI=1S/C22H28N2O3S/c1-16-7-4-5-10-21(16)27-12-11-24-14-19-20(15-24)22(19,2)17-8-6-9-18(13-17)23-28(3,25)26/h4-10,13,19-20,23H,11-12,14-15H2,1-3H3. The quantitative estimate of drug-likeness (QED) is 0.775. The number of piperidine rings is 1. The Labute approximate surface area is 167 Å². The van der Waals surface area contributed by atoms with Crippen molar-refractivity contribution in [3.8, 4) is 5.75 Å². The highest BCUT2D eigenvalue weighted by Crippen LogP contribution is 2.63. The van der Waals surface area contributed by atoms with Crippen LogP contribution in [0, 0.1) is 18.8 Å². The Morgan fingerprint density at radius 2 is 1.86 bits per heavy atom. The van der Waals surface area contributed by atoms with E-state index >= 15 is 0 Å². The normalized spacial score (nSPS) is 26.7. The van der Waals surface area contributed by atoms with E-state index in [9.17, 15) is 8.42 Å². The van der Waals surface area contributed by atoms with Gasteiger partial charge in [0.2, 0.25) is 10.0 Å². The first kappa shape index (κ1) is 19.3. The first-order chi connectivity index (χ1) is 13.3. The minimum absolute atomic E-state index is 0.141. The molecule has 2 unspecified atom stereocenters. The Morgan fingerprint density at radius 1 is 1.14 bits per heavy atom. The molecule has 1 N–H and O–H groups in total. The zero-order chi connectivity index (χ0) is 19.9. The molecule has 0 amide bonds. The van der Waals surface area contributed by atoms with Gasteiger partial charge >= 0.3 is 0 Å². The molecule has 2 aliphatic rings. The lowest BCUT2D eigenvalue weighted by atomic mass is 9.92. The number of rotatable bonds is 7. The number of benzene rings is 2. The number of fused-ring (bicyclic) bond motifs is 1. The number of anilines is 1. The lowest BCUT2D eigenvalue weighted by molar-refractivity contribution is 0.212. The molecule has 1 saturated carbocycles. The molecule has 2 aromatic rings. The maximum atomic E-state index is 11.5. The minimum atomic E-state index is -3.25. The lowest BCUT2D eigenvalue weighted by Gasteiger charge is -2.25. The SMILES string of the molecule is Cc1ccccc1OCCN1CC2C(C1)C2(C)c1cccc(NS(C)(=O)=O)c1. The molecule has 2 fully saturated rings. The first-order valence-corrected chi connectivity index (χ1v) is 11.7. The molecule has 2 atom stereocenters. The van der Waals surface area contributed by atoms with Gasteiger partial charge < -0.3 is 4.74 Å². The van der Waals surface area contributed by atoms with Crippen molar-refractivity contribution in [1.29, 1.82) is 0 Å². The Balaban J connectivity index is 1.33. The van der Waals surface area contributed by atoms with Gasteiger partial charge in [-0.25, -0.2) is 8.42 Å². The molecule has 28 heavy (non-hydrogen) atoms. The molecule has 2 aromatic carbocycles. The van der Waals surface area contributed by atoms with Crippen LogP contribution in [0.3, 0.4) is 0 Å². The van der Waals surface area contributed by atoms with Gasteiger partial charge in [0, 0.05) is 30.7 Å². The summed E-state index contributed by atoms with van der Waals surface area (Å²) in [6.07, 6.45) is 1.18. The molecule has 6 heteroatoms. The first-order valence-electron chi connectivity index (χ1n) is 9.76. The highest BCUT2D eigenvalue weighted by Gasteiger charge is 2.65. The molecule has 0 radical (unpaired) electrons. The molecule has 0 spiro atoms. The molecule has 5 nitrogen and oxygen atoms in total. The second-order valence-corrected chi connectivity index (χ2v) is 10.1. The molecule has 150 valence electrons. The Morgan fingerprint density at radius 3 is 2.54 bits per heavy atom. The van der Waals surface area contributed by atoms with Gasteiger partial charge in [0.05, 0.1) is 6.26 Å². The summed E-state index contributed by atoms with van der Waals surface area (Å²) < 4.78 is 31.6. The third-order valence-corrected chi connectivity index (χ3v) is 6.98. The van der Waals surface area contributed by atoms with Crippen molar-refractivity contribution >= 4 is 15.7 Å². The van der Waals surface area contributed by atoms with Crippen LogP contribution >= 0.6 is 0 Å². The van der Waals surface area contributed by atoms with E-state index in [0.717, 1.165) is 25.4 Å². The molecule has 0 bridgehead atoms. The molecule has 1 aliphatic carbocycles. The van der Waals surface area contributed by atoms with Crippen molar-refractivity contribution in [2.45, 2.75) is 19.3 Å². The van der Waals surface area contributed by atoms with Crippen molar-refractivity contribution < 1.29 is 13.2 Å². The molecule has 1 saturated heterocycles. The average Bonchev–Trinajstić information content (AvgIpc) is 2.99. The van der Waals surface area contributed by atoms with Crippen LogP contribution in [0.5, 0.6) is 5.75 Å². The second-order valence-electron chi connectivity index (χ2n) is 8.32. The summed E-state index contributed by atoms with van der Waals surface area (Å²) in [5.41, 5.74) is 3.19. The summed E-state index contributed by atoms with van der Waals surface area (Å²) in [4.78, 5) is 2.48. The van der Waals surface area contributed by atoms with Crippen LogP contribution in [-0.2, 0) is 15.4 Å². The number of hydrogen-bond donors (Lipinski definition) is 1. The number of hydrogen-bond acceptors (Lipinski definition) is 4. The van der Waals surface area contributed by atoms with Crippen molar-refractivity contribution in [3.63, 3.8) is 0 Å². The highest BCUT2D eigenvalue weighted by atomic mass is 32.2. The third kappa shape index (κ3) is 3.76. The topological polar surface area (TPSA) is 58.6 Å². The van der Waals surface area contributed by atoms with E-state index in [0.29, 0.717) is 24.1 Å². The number of para-hydroxylation sites is 1. The van der Waals surface area contributed by atoms with Crippen molar-refractivity contribution in [3.05, 3.63) is 59.7 Å². The zero-order valence-corrected chi connectivity index (χ0v) is 17.5. The Hall–Kier alpha value is -2.05. The molecule has 1 aliphatic heterocycles. The lowest BCUT2D eigenvalue weighted by Crippen LogP contribution is -2.32. The fourth-order valence-corrected chi connectivity index (χ4v) is 5.26. The van der Waals surface area contributed by atoms with Crippen LogP contribution in [0.4, 0.5) is 5.69 Å². The predicted molar refractivity (Wildman–Crippen MR) is 112 cm³/mol. The van der Waals surface area contributed by atoms with E-state index in [1.54, 1.807) is 6.07 Å². The largest absolute Gasteiger partial charge is 0.492 e. The third-order valence-electron chi connectivity index (χ3n) is 6.37. The summed E-state index contributed by atoms with van der Waals surface area (Å²) in [6.45, 7) is 8.16.